The van der Waals surface area contributed by atoms with Crippen molar-refractivity contribution in [3.8, 4) is 0 Å². The molecular weight excluding hydrogens is 305 g/mol. The minimum atomic E-state index is -3.53. The molecule has 0 saturated carbocycles. The van der Waals surface area contributed by atoms with Gasteiger partial charge in [0.2, 0.25) is 10.0 Å². The summed E-state index contributed by atoms with van der Waals surface area (Å²) in [4.78, 5) is 4.07. The highest BCUT2D eigenvalue weighted by Gasteiger charge is 2.12. The first kappa shape index (κ1) is 16.6. The number of sulfonamides is 1. The molecule has 0 bridgehead atoms. The second kappa shape index (κ2) is 8.05. The first-order chi connectivity index (χ1) is 10.6. The smallest absolute Gasteiger partial charge is 0.240 e. The third kappa shape index (κ3) is 5.23. The summed E-state index contributed by atoms with van der Waals surface area (Å²) < 4.78 is 41.2. The third-order valence-electron chi connectivity index (χ3n) is 3.32. The minimum absolute atomic E-state index is 0.0917. The molecule has 7 heteroatoms. The Balaban J connectivity index is 1.62. The average Bonchev–Trinajstić information content (AvgIpc) is 3.00. The van der Waals surface area contributed by atoms with E-state index in [0.29, 0.717) is 6.54 Å². The summed E-state index contributed by atoms with van der Waals surface area (Å²) in [5, 5.41) is 0. The fourth-order valence-corrected chi connectivity index (χ4v) is 3.17. The Labute approximate surface area is 130 Å². The Hall–Kier alpha value is -1.73. The standard InChI is InChI=1S/C15H20FN3O2S/c16-14-5-7-15(8-6-14)22(20,21)18-9-3-1-2-4-11-19-12-10-17-13-19/h5-8,10,12-13,18H,1-4,9,11H2. The maximum absolute atomic E-state index is 12.8. The van der Waals surface area contributed by atoms with Crippen molar-refractivity contribution in [3.05, 3.63) is 48.8 Å². The predicted molar refractivity (Wildman–Crippen MR) is 82.3 cm³/mol. The average molecular weight is 325 g/mol. The number of unbranched alkanes of at least 4 members (excludes halogenated alkanes) is 3. The maximum Gasteiger partial charge on any atom is 0.240 e. The van der Waals surface area contributed by atoms with Crippen LogP contribution >= 0.6 is 0 Å². The van der Waals surface area contributed by atoms with E-state index in [1.54, 1.807) is 12.5 Å². The lowest BCUT2D eigenvalue weighted by Gasteiger charge is -2.07. The Morgan fingerprint density at radius 1 is 1.09 bits per heavy atom. The molecule has 0 unspecified atom stereocenters. The van der Waals surface area contributed by atoms with Gasteiger partial charge >= 0.3 is 0 Å². The van der Waals surface area contributed by atoms with Crippen molar-refractivity contribution >= 4 is 10.0 Å². The van der Waals surface area contributed by atoms with E-state index in [1.807, 2.05) is 10.8 Å². The van der Waals surface area contributed by atoms with E-state index in [0.717, 1.165) is 44.4 Å². The van der Waals surface area contributed by atoms with Gasteiger partial charge in [0.05, 0.1) is 11.2 Å². The molecule has 0 aliphatic rings. The topological polar surface area (TPSA) is 64.0 Å². The first-order valence-corrected chi connectivity index (χ1v) is 8.77. The molecule has 0 radical (unpaired) electrons. The van der Waals surface area contributed by atoms with Gasteiger partial charge in [0, 0.05) is 25.5 Å². The van der Waals surface area contributed by atoms with Gasteiger partial charge in [-0.1, -0.05) is 12.8 Å². The number of rotatable bonds is 9. The van der Waals surface area contributed by atoms with E-state index in [-0.39, 0.29) is 4.90 Å². The number of hydrogen-bond acceptors (Lipinski definition) is 3. The SMILES string of the molecule is O=S(=O)(NCCCCCCn1ccnc1)c1ccc(F)cc1. The molecule has 0 amide bonds. The number of benzene rings is 1. The van der Waals surface area contributed by atoms with Gasteiger partial charge in [0.25, 0.3) is 0 Å². The van der Waals surface area contributed by atoms with Crippen LogP contribution in [0, 0.1) is 5.82 Å². The first-order valence-electron chi connectivity index (χ1n) is 7.29. The van der Waals surface area contributed by atoms with Crippen LogP contribution < -0.4 is 4.72 Å². The van der Waals surface area contributed by atoms with Crippen LogP contribution in [0.25, 0.3) is 0 Å². The number of aromatic nitrogens is 2. The van der Waals surface area contributed by atoms with Crippen molar-refractivity contribution in [2.24, 2.45) is 0 Å². The highest BCUT2D eigenvalue weighted by atomic mass is 32.2. The number of imidazole rings is 1. The lowest BCUT2D eigenvalue weighted by atomic mass is 10.2. The van der Waals surface area contributed by atoms with E-state index in [1.165, 1.54) is 12.1 Å². The monoisotopic (exact) mass is 325 g/mol. The molecule has 0 aliphatic carbocycles. The van der Waals surface area contributed by atoms with Gasteiger partial charge in [0.15, 0.2) is 0 Å². The molecule has 1 aromatic heterocycles. The van der Waals surface area contributed by atoms with Crippen LogP contribution in [0.1, 0.15) is 25.7 Å². The van der Waals surface area contributed by atoms with Crippen molar-refractivity contribution in [2.75, 3.05) is 6.54 Å². The summed E-state index contributed by atoms with van der Waals surface area (Å²) in [6.07, 6.45) is 9.29. The van der Waals surface area contributed by atoms with Crippen LogP contribution in [-0.4, -0.2) is 24.5 Å². The number of aryl methyl sites for hydroxylation is 1. The van der Waals surface area contributed by atoms with Gasteiger partial charge in [-0.3, -0.25) is 0 Å². The molecule has 22 heavy (non-hydrogen) atoms. The molecule has 0 spiro atoms. The van der Waals surface area contributed by atoms with E-state index in [9.17, 15) is 12.8 Å². The third-order valence-corrected chi connectivity index (χ3v) is 4.80. The van der Waals surface area contributed by atoms with E-state index < -0.39 is 15.8 Å². The van der Waals surface area contributed by atoms with Gasteiger partial charge in [-0.05, 0) is 37.1 Å². The fraction of sp³-hybridized carbons (Fsp3) is 0.400. The molecule has 0 atom stereocenters. The van der Waals surface area contributed by atoms with Crippen LogP contribution in [0.5, 0.6) is 0 Å². The molecule has 0 saturated heterocycles. The summed E-state index contributed by atoms with van der Waals surface area (Å²) in [6, 6.07) is 4.82. The fourth-order valence-electron chi connectivity index (χ4n) is 2.10. The van der Waals surface area contributed by atoms with Gasteiger partial charge in [-0.25, -0.2) is 22.5 Å². The van der Waals surface area contributed by atoms with Crippen LogP contribution in [0.3, 0.4) is 0 Å². The van der Waals surface area contributed by atoms with Crippen molar-refractivity contribution in [3.63, 3.8) is 0 Å². The second-order valence-electron chi connectivity index (χ2n) is 5.07. The van der Waals surface area contributed by atoms with Crippen molar-refractivity contribution in [2.45, 2.75) is 37.1 Å². The zero-order valence-corrected chi connectivity index (χ0v) is 13.1. The number of nitrogens with one attached hydrogen (secondary N) is 1. The normalized spacial score (nSPS) is 11.7. The number of hydrogen-bond donors (Lipinski definition) is 1. The van der Waals surface area contributed by atoms with Gasteiger partial charge in [-0.15, -0.1) is 0 Å². The molecule has 5 nitrogen and oxygen atoms in total. The van der Waals surface area contributed by atoms with Crippen LogP contribution in [-0.2, 0) is 16.6 Å². The zero-order valence-electron chi connectivity index (χ0n) is 12.3. The molecule has 1 aromatic carbocycles. The highest BCUT2D eigenvalue weighted by Crippen LogP contribution is 2.10. The van der Waals surface area contributed by atoms with Crippen LogP contribution in [0.4, 0.5) is 4.39 Å². The predicted octanol–water partition coefficient (Wildman–Crippen LogP) is 2.56. The van der Waals surface area contributed by atoms with E-state index >= 15 is 0 Å². The lowest BCUT2D eigenvalue weighted by Crippen LogP contribution is -2.24. The zero-order chi connectivity index (χ0) is 15.8. The summed E-state index contributed by atoms with van der Waals surface area (Å²) in [5.41, 5.74) is 0. The van der Waals surface area contributed by atoms with Crippen molar-refractivity contribution in [1.82, 2.24) is 14.3 Å². The van der Waals surface area contributed by atoms with Crippen molar-refractivity contribution in [1.29, 1.82) is 0 Å². The molecule has 2 rings (SSSR count). The lowest BCUT2D eigenvalue weighted by molar-refractivity contribution is 0.556. The summed E-state index contributed by atoms with van der Waals surface area (Å²) >= 11 is 0. The molecule has 120 valence electrons. The Morgan fingerprint density at radius 3 is 2.50 bits per heavy atom. The van der Waals surface area contributed by atoms with Crippen LogP contribution in [0.2, 0.25) is 0 Å². The Morgan fingerprint density at radius 2 is 1.82 bits per heavy atom. The highest BCUT2D eigenvalue weighted by molar-refractivity contribution is 7.89. The second-order valence-corrected chi connectivity index (χ2v) is 6.83. The van der Waals surface area contributed by atoms with E-state index in [4.69, 9.17) is 0 Å². The number of halogens is 1. The van der Waals surface area contributed by atoms with Gasteiger partial charge in [0.1, 0.15) is 5.82 Å². The van der Waals surface area contributed by atoms with Gasteiger partial charge < -0.3 is 4.57 Å². The quantitative estimate of drug-likeness (QED) is 0.721. The maximum atomic E-state index is 12.8. The van der Waals surface area contributed by atoms with Crippen molar-refractivity contribution < 1.29 is 12.8 Å². The summed E-state index contributed by atoms with van der Waals surface area (Å²) in [5.74, 6) is -0.447. The molecule has 2 aromatic rings. The minimum Gasteiger partial charge on any atom is -0.337 e. The Bertz CT molecular complexity index is 655. The molecular formula is C15H20FN3O2S. The molecule has 0 fully saturated rings. The number of nitrogens with zero attached hydrogens (tertiary/aromatic N) is 2. The Kier molecular flexibility index (Phi) is 6.09. The summed E-state index contributed by atoms with van der Waals surface area (Å²) in [7, 11) is -3.53. The van der Waals surface area contributed by atoms with Gasteiger partial charge in [-0.2, -0.15) is 0 Å². The largest absolute Gasteiger partial charge is 0.337 e. The summed E-state index contributed by atoms with van der Waals surface area (Å²) in [6.45, 7) is 1.33. The molecule has 1 N–H and O–H groups in total. The molecule has 1 heterocycles. The van der Waals surface area contributed by atoms with Crippen LogP contribution in [0.15, 0.2) is 47.9 Å². The molecule has 0 aliphatic heterocycles. The van der Waals surface area contributed by atoms with E-state index in [2.05, 4.69) is 9.71 Å².